The van der Waals surface area contributed by atoms with Crippen molar-refractivity contribution in [1.82, 2.24) is 4.90 Å². The van der Waals surface area contributed by atoms with Gasteiger partial charge in [0, 0.05) is 25.1 Å². The number of benzene rings is 2. The molecule has 0 spiro atoms. The van der Waals surface area contributed by atoms with Gasteiger partial charge in [-0.3, -0.25) is 4.79 Å². The van der Waals surface area contributed by atoms with Crippen LogP contribution in [0.1, 0.15) is 11.5 Å². The summed E-state index contributed by atoms with van der Waals surface area (Å²) in [4.78, 5) is 13.9. The molecule has 2 aromatic rings. The zero-order valence-corrected chi connectivity index (χ0v) is 13.4. The minimum atomic E-state index is -0.855. The SMILES string of the molecule is N#C[C@@H]1CN(C(=O)COc2ccc(F)cc2F)C[C@H]1c1ccccc1. The van der Waals surface area contributed by atoms with E-state index in [2.05, 4.69) is 6.07 Å². The van der Waals surface area contributed by atoms with Crippen LogP contribution in [-0.2, 0) is 4.79 Å². The number of rotatable bonds is 4. The monoisotopic (exact) mass is 342 g/mol. The lowest BCUT2D eigenvalue weighted by Gasteiger charge is -2.17. The first kappa shape index (κ1) is 16.9. The van der Waals surface area contributed by atoms with Crippen LogP contribution in [0.5, 0.6) is 5.75 Å². The third kappa shape index (κ3) is 3.77. The van der Waals surface area contributed by atoms with E-state index >= 15 is 0 Å². The number of carbonyl (C=O) groups excluding carboxylic acids is 1. The highest BCUT2D eigenvalue weighted by molar-refractivity contribution is 5.78. The fourth-order valence-electron chi connectivity index (χ4n) is 3.00. The lowest BCUT2D eigenvalue weighted by atomic mass is 9.90. The Bertz CT molecular complexity index is 805. The molecule has 1 saturated heterocycles. The number of hydrogen-bond donors (Lipinski definition) is 0. The van der Waals surface area contributed by atoms with E-state index in [0.29, 0.717) is 19.2 Å². The van der Waals surface area contributed by atoms with Crippen molar-refractivity contribution in [2.24, 2.45) is 5.92 Å². The fourth-order valence-corrected chi connectivity index (χ4v) is 3.00. The van der Waals surface area contributed by atoms with Crippen molar-refractivity contribution >= 4 is 5.91 Å². The lowest BCUT2D eigenvalue weighted by Crippen LogP contribution is -2.33. The molecule has 1 amide bonds. The van der Waals surface area contributed by atoms with Crippen LogP contribution in [0.3, 0.4) is 0 Å². The molecule has 0 aromatic heterocycles. The van der Waals surface area contributed by atoms with Gasteiger partial charge in [-0.15, -0.1) is 0 Å². The number of hydrogen-bond acceptors (Lipinski definition) is 3. The quantitative estimate of drug-likeness (QED) is 0.858. The van der Waals surface area contributed by atoms with Crippen molar-refractivity contribution in [3.8, 4) is 11.8 Å². The van der Waals surface area contributed by atoms with Crippen LogP contribution in [0.15, 0.2) is 48.5 Å². The Balaban J connectivity index is 1.64. The van der Waals surface area contributed by atoms with E-state index in [1.807, 2.05) is 30.3 Å². The minimum Gasteiger partial charge on any atom is -0.481 e. The summed E-state index contributed by atoms with van der Waals surface area (Å²) in [7, 11) is 0. The van der Waals surface area contributed by atoms with Crippen LogP contribution in [-0.4, -0.2) is 30.5 Å². The summed E-state index contributed by atoms with van der Waals surface area (Å²) in [5.41, 5.74) is 1.01. The van der Waals surface area contributed by atoms with Crippen molar-refractivity contribution in [3.63, 3.8) is 0 Å². The van der Waals surface area contributed by atoms with Crippen molar-refractivity contribution in [1.29, 1.82) is 5.26 Å². The number of carbonyl (C=O) groups is 1. The van der Waals surface area contributed by atoms with E-state index in [1.165, 1.54) is 0 Å². The normalized spacial score (nSPS) is 19.5. The summed E-state index contributed by atoms with van der Waals surface area (Å²) in [5.74, 6) is -2.43. The second-order valence-corrected chi connectivity index (χ2v) is 5.91. The highest BCUT2D eigenvalue weighted by Gasteiger charge is 2.36. The third-order valence-electron chi connectivity index (χ3n) is 4.31. The first-order valence-corrected chi connectivity index (χ1v) is 7.88. The minimum absolute atomic E-state index is 0.0577. The summed E-state index contributed by atoms with van der Waals surface area (Å²) in [6.45, 7) is 0.364. The second-order valence-electron chi connectivity index (χ2n) is 5.91. The molecule has 2 aromatic carbocycles. The van der Waals surface area contributed by atoms with Crippen molar-refractivity contribution in [2.45, 2.75) is 5.92 Å². The van der Waals surface area contributed by atoms with Crippen molar-refractivity contribution in [3.05, 3.63) is 65.7 Å². The number of ether oxygens (including phenoxy) is 1. The summed E-state index contributed by atoms with van der Waals surface area (Å²) in [6.07, 6.45) is 0. The molecular formula is C19H16F2N2O2. The largest absolute Gasteiger partial charge is 0.481 e. The first-order valence-electron chi connectivity index (χ1n) is 7.88. The predicted octanol–water partition coefficient (Wildman–Crippen LogP) is 3.11. The molecule has 6 heteroatoms. The average Bonchev–Trinajstić information content (AvgIpc) is 3.06. The third-order valence-corrected chi connectivity index (χ3v) is 4.31. The van der Waals surface area contributed by atoms with E-state index in [0.717, 1.165) is 17.7 Å². The molecule has 0 saturated carbocycles. The van der Waals surface area contributed by atoms with E-state index in [4.69, 9.17) is 4.74 Å². The lowest BCUT2D eigenvalue weighted by molar-refractivity contribution is -0.132. The van der Waals surface area contributed by atoms with Gasteiger partial charge < -0.3 is 9.64 Å². The van der Waals surface area contributed by atoms with E-state index < -0.39 is 11.6 Å². The van der Waals surface area contributed by atoms with Gasteiger partial charge in [-0.05, 0) is 17.7 Å². The zero-order valence-electron chi connectivity index (χ0n) is 13.4. The van der Waals surface area contributed by atoms with Crippen molar-refractivity contribution < 1.29 is 18.3 Å². The van der Waals surface area contributed by atoms with Crippen LogP contribution in [0, 0.1) is 28.9 Å². The van der Waals surface area contributed by atoms with Crippen molar-refractivity contribution in [2.75, 3.05) is 19.7 Å². The average molecular weight is 342 g/mol. The second kappa shape index (κ2) is 7.31. The molecular weight excluding hydrogens is 326 g/mol. The predicted molar refractivity (Wildman–Crippen MR) is 86.7 cm³/mol. The van der Waals surface area contributed by atoms with Crippen LogP contribution < -0.4 is 4.74 Å². The fraction of sp³-hybridized carbons (Fsp3) is 0.263. The summed E-state index contributed by atoms with van der Waals surface area (Å²) >= 11 is 0. The van der Waals surface area contributed by atoms with Gasteiger partial charge in [0.2, 0.25) is 0 Å². The van der Waals surface area contributed by atoms with Gasteiger partial charge in [-0.2, -0.15) is 5.26 Å². The molecule has 0 unspecified atom stereocenters. The van der Waals surface area contributed by atoms with Crippen LogP contribution >= 0.6 is 0 Å². The molecule has 0 N–H and O–H groups in total. The zero-order chi connectivity index (χ0) is 17.8. The summed E-state index contributed by atoms with van der Waals surface area (Å²) in [6, 6.07) is 14.7. The molecule has 0 radical (unpaired) electrons. The molecule has 25 heavy (non-hydrogen) atoms. The molecule has 128 valence electrons. The Labute approximate surface area is 144 Å². The van der Waals surface area contributed by atoms with Gasteiger partial charge in [0.1, 0.15) is 5.82 Å². The highest BCUT2D eigenvalue weighted by atomic mass is 19.1. The van der Waals surface area contributed by atoms with Gasteiger partial charge in [-0.25, -0.2) is 8.78 Å². The molecule has 4 nitrogen and oxygen atoms in total. The number of halogens is 2. The van der Waals surface area contributed by atoms with Gasteiger partial charge in [0.25, 0.3) is 5.91 Å². The maximum Gasteiger partial charge on any atom is 0.260 e. The molecule has 3 rings (SSSR count). The summed E-state index contributed by atoms with van der Waals surface area (Å²) in [5, 5.41) is 9.36. The van der Waals surface area contributed by atoms with E-state index in [9.17, 15) is 18.8 Å². The molecule has 1 aliphatic heterocycles. The smallest absolute Gasteiger partial charge is 0.260 e. The number of amides is 1. The number of likely N-dealkylation sites (tertiary alicyclic amines) is 1. The van der Waals surface area contributed by atoms with E-state index in [-0.39, 0.29) is 30.1 Å². The Morgan fingerprint density at radius 2 is 1.96 bits per heavy atom. The number of nitrogens with zero attached hydrogens (tertiary/aromatic N) is 2. The van der Waals surface area contributed by atoms with Gasteiger partial charge in [0.05, 0.1) is 12.0 Å². The topological polar surface area (TPSA) is 53.3 Å². The molecule has 1 heterocycles. The molecule has 2 atom stereocenters. The Hall–Kier alpha value is -2.94. The maximum absolute atomic E-state index is 13.5. The Kier molecular flexibility index (Phi) is 4.94. The molecule has 1 fully saturated rings. The number of nitriles is 1. The highest BCUT2D eigenvalue weighted by Crippen LogP contribution is 2.32. The van der Waals surface area contributed by atoms with Gasteiger partial charge >= 0.3 is 0 Å². The van der Waals surface area contributed by atoms with Gasteiger partial charge in [-0.1, -0.05) is 30.3 Å². The first-order chi connectivity index (χ1) is 12.1. The molecule has 0 aliphatic carbocycles. The Morgan fingerprint density at radius 3 is 2.64 bits per heavy atom. The van der Waals surface area contributed by atoms with Crippen LogP contribution in [0.4, 0.5) is 8.78 Å². The Morgan fingerprint density at radius 1 is 1.20 bits per heavy atom. The van der Waals surface area contributed by atoms with E-state index in [1.54, 1.807) is 4.90 Å². The van der Waals surface area contributed by atoms with Crippen LogP contribution in [0.2, 0.25) is 0 Å². The van der Waals surface area contributed by atoms with Gasteiger partial charge in [0.15, 0.2) is 18.2 Å². The maximum atomic E-state index is 13.5. The van der Waals surface area contributed by atoms with Crippen LogP contribution in [0.25, 0.3) is 0 Å². The summed E-state index contributed by atoms with van der Waals surface area (Å²) < 4.78 is 31.6. The molecule has 1 aliphatic rings. The standard InChI is InChI=1S/C19H16F2N2O2/c20-15-6-7-18(17(21)8-15)25-12-19(24)23-10-14(9-22)16(11-23)13-4-2-1-3-5-13/h1-8,14,16H,10-12H2/t14-,16+/m1/s1. The molecule has 0 bridgehead atoms.